The maximum atomic E-state index is 10.5. The Morgan fingerprint density at radius 2 is 1.84 bits per heavy atom. The van der Waals surface area contributed by atoms with Gasteiger partial charge in [-0.2, -0.15) is 0 Å². The molecule has 3 rings (SSSR count). The van der Waals surface area contributed by atoms with Gasteiger partial charge in [-0.3, -0.25) is 4.90 Å². The first kappa shape index (κ1) is 24.5. The summed E-state index contributed by atoms with van der Waals surface area (Å²) in [6, 6.07) is 16.3. The summed E-state index contributed by atoms with van der Waals surface area (Å²) in [6.07, 6.45) is 3.28. The third-order valence-electron chi connectivity index (χ3n) is 5.83. The van der Waals surface area contributed by atoms with Crippen molar-refractivity contribution in [1.82, 2.24) is 15.1 Å². The van der Waals surface area contributed by atoms with Gasteiger partial charge in [0.15, 0.2) is 11.5 Å². The zero-order valence-corrected chi connectivity index (χ0v) is 19.6. The molecule has 0 saturated carbocycles. The molecule has 0 amide bonds. The van der Waals surface area contributed by atoms with Crippen molar-refractivity contribution in [3.63, 3.8) is 0 Å². The number of nitrogens with one attached hydrogen (secondary N) is 1. The Kier molecular flexibility index (Phi) is 10.3. The molecule has 1 fully saturated rings. The zero-order valence-electron chi connectivity index (χ0n) is 19.6. The molecule has 2 aromatic rings. The lowest BCUT2D eigenvalue weighted by Crippen LogP contribution is -2.32. The highest BCUT2D eigenvalue weighted by atomic mass is 16.5. The molecule has 0 radical (unpaired) electrons. The van der Waals surface area contributed by atoms with Gasteiger partial charge in [-0.05, 0) is 75.7 Å². The fourth-order valence-corrected chi connectivity index (χ4v) is 4.17. The van der Waals surface area contributed by atoms with Gasteiger partial charge in [-0.15, -0.1) is 0 Å². The molecule has 2 N–H and O–H groups in total. The molecule has 1 aliphatic heterocycles. The lowest BCUT2D eigenvalue weighted by atomic mass is 10.2. The zero-order chi connectivity index (χ0) is 22.6. The highest BCUT2D eigenvalue weighted by Gasteiger charge is 2.13. The topological polar surface area (TPSA) is 57.2 Å². The molecule has 0 unspecified atom stereocenters. The normalized spacial score (nSPS) is 15.2. The monoisotopic (exact) mass is 441 g/mol. The van der Waals surface area contributed by atoms with Crippen LogP contribution in [0.5, 0.6) is 11.5 Å². The Bertz CT molecular complexity index is 781. The van der Waals surface area contributed by atoms with Gasteiger partial charge < -0.3 is 24.8 Å². The van der Waals surface area contributed by atoms with Crippen LogP contribution in [-0.2, 0) is 13.1 Å². The van der Waals surface area contributed by atoms with Crippen LogP contribution in [0.1, 0.15) is 30.4 Å². The van der Waals surface area contributed by atoms with Gasteiger partial charge >= 0.3 is 0 Å². The Hall–Kier alpha value is -2.12. The number of benzene rings is 2. The summed E-state index contributed by atoms with van der Waals surface area (Å²) in [6.45, 7) is 7.05. The van der Waals surface area contributed by atoms with Gasteiger partial charge in [0.05, 0.1) is 7.11 Å². The highest BCUT2D eigenvalue weighted by molar-refractivity contribution is 5.43. The Morgan fingerprint density at radius 3 is 2.59 bits per heavy atom. The lowest BCUT2D eigenvalue weighted by molar-refractivity contribution is 0.0732. The van der Waals surface area contributed by atoms with Crippen molar-refractivity contribution < 1.29 is 14.6 Å². The summed E-state index contributed by atoms with van der Waals surface area (Å²) in [7, 11) is 3.65. The third-order valence-corrected chi connectivity index (χ3v) is 5.83. The van der Waals surface area contributed by atoms with Crippen molar-refractivity contribution in [2.24, 2.45) is 0 Å². The molecule has 2 aromatic carbocycles. The fourth-order valence-electron chi connectivity index (χ4n) is 4.17. The number of ether oxygens (including phenoxy) is 2. The van der Waals surface area contributed by atoms with Crippen LogP contribution in [0.4, 0.5) is 0 Å². The second-order valence-corrected chi connectivity index (χ2v) is 8.71. The number of hydrogen-bond donors (Lipinski definition) is 2. The predicted octanol–water partition coefficient (Wildman–Crippen LogP) is 3.14. The van der Waals surface area contributed by atoms with Crippen molar-refractivity contribution >= 4 is 0 Å². The Balaban J connectivity index is 1.40. The van der Waals surface area contributed by atoms with Crippen molar-refractivity contribution in [2.45, 2.75) is 38.5 Å². The van der Waals surface area contributed by atoms with Crippen LogP contribution < -0.4 is 14.8 Å². The average Bonchev–Trinajstić information content (AvgIpc) is 3.31. The summed E-state index contributed by atoms with van der Waals surface area (Å²) >= 11 is 0. The average molecular weight is 442 g/mol. The van der Waals surface area contributed by atoms with E-state index in [2.05, 4.69) is 33.3 Å². The summed E-state index contributed by atoms with van der Waals surface area (Å²) in [5.74, 6) is 1.36. The smallest absolute Gasteiger partial charge is 0.161 e. The van der Waals surface area contributed by atoms with E-state index in [1.165, 1.54) is 44.5 Å². The quantitative estimate of drug-likeness (QED) is 0.439. The minimum Gasteiger partial charge on any atom is -0.493 e. The molecular formula is C26H39N3O3. The van der Waals surface area contributed by atoms with Crippen molar-refractivity contribution in [3.05, 3.63) is 59.7 Å². The molecule has 0 bridgehead atoms. The van der Waals surface area contributed by atoms with Gasteiger partial charge in [0.1, 0.15) is 12.7 Å². The number of rotatable bonds is 14. The van der Waals surface area contributed by atoms with Crippen LogP contribution in [-0.4, -0.2) is 74.5 Å². The van der Waals surface area contributed by atoms with E-state index >= 15 is 0 Å². The largest absolute Gasteiger partial charge is 0.493 e. The van der Waals surface area contributed by atoms with E-state index in [-0.39, 0.29) is 6.61 Å². The standard InChI is InChI=1S/C26H39N3O3/c1-28(19-22-9-4-3-5-10-22)20-24(30)21-32-26-17-23(11-12-25(26)31-2)18-27-13-8-16-29-14-6-7-15-29/h3-5,9-12,17,24,27,30H,6-8,13-16,18-21H2,1-2H3/t24-/m1/s1. The van der Waals surface area contributed by atoms with Crippen molar-refractivity contribution in [3.8, 4) is 11.5 Å². The molecular weight excluding hydrogens is 402 g/mol. The molecule has 32 heavy (non-hydrogen) atoms. The SMILES string of the molecule is COc1ccc(CNCCCN2CCCC2)cc1OC[C@H](O)CN(C)Cc1ccccc1. The van der Waals surface area contributed by atoms with Crippen LogP contribution in [0, 0.1) is 0 Å². The number of methoxy groups -OCH3 is 1. The van der Waals surface area contributed by atoms with E-state index in [0.717, 1.165) is 25.2 Å². The van der Waals surface area contributed by atoms with Crippen LogP contribution in [0.15, 0.2) is 48.5 Å². The number of aliphatic hydroxyl groups is 1. The van der Waals surface area contributed by atoms with E-state index in [9.17, 15) is 5.11 Å². The first-order chi connectivity index (χ1) is 15.6. The van der Waals surface area contributed by atoms with Crippen LogP contribution in [0.25, 0.3) is 0 Å². The first-order valence-electron chi connectivity index (χ1n) is 11.8. The minimum absolute atomic E-state index is 0.224. The first-order valence-corrected chi connectivity index (χ1v) is 11.8. The molecule has 1 saturated heterocycles. The van der Waals surface area contributed by atoms with Crippen molar-refractivity contribution in [2.75, 3.05) is 53.5 Å². The van der Waals surface area contributed by atoms with E-state index in [4.69, 9.17) is 9.47 Å². The Labute approximate surface area is 193 Å². The van der Waals surface area contributed by atoms with Crippen molar-refractivity contribution in [1.29, 1.82) is 0 Å². The third kappa shape index (κ3) is 8.43. The molecule has 1 aliphatic rings. The summed E-state index contributed by atoms with van der Waals surface area (Å²) in [5.41, 5.74) is 2.38. The van der Waals surface area contributed by atoms with Crippen LogP contribution >= 0.6 is 0 Å². The molecule has 1 atom stereocenters. The molecule has 6 heteroatoms. The van der Waals surface area contributed by atoms with E-state index in [1.54, 1.807) is 7.11 Å². The van der Waals surface area contributed by atoms with E-state index in [1.807, 2.05) is 37.4 Å². The maximum Gasteiger partial charge on any atom is 0.161 e. The summed E-state index contributed by atoms with van der Waals surface area (Å²) in [5, 5.41) is 14.0. The second kappa shape index (κ2) is 13.4. The fraction of sp³-hybridized carbons (Fsp3) is 0.538. The van der Waals surface area contributed by atoms with Crippen LogP contribution in [0.3, 0.4) is 0 Å². The summed E-state index contributed by atoms with van der Waals surface area (Å²) < 4.78 is 11.4. The molecule has 0 aliphatic carbocycles. The molecule has 176 valence electrons. The number of aliphatic hydroxyl groups excluding tert-OH is 1. The Morgan fingerprint density at radius 1 is 1.06 bits per heavy atom. The second-order valence-electron chi connectivity index (χ2n) is 8.71. The van der Waals surface area contributed by atoms with Gasteiger partial charge in [-0.1, -0.05) is 36.4 Å². The van der Waals surface area contributed by atoms with Gasteiger partial charge in [0, 0.05) is 19.6 Å². The number of nitrogens with zero attached hydrogens (tertiary/aromatic N) is 2. The minimum atomic E-state index is -0.583. The van der Waals surface area contributed by atoms with Gasteiger partial charge in [0.2, 0.25) is 0 Å². The van der Waals surface area contributed by atoms with E-state index < -0.39 is 6.10 Å². The predicted molar refractivity (Wildman–Crippen MR) is 129 cm³/mol. The molecule has 0 spiro atoms. The van der Waals surface area contributed by atoms with Gasteiger partial charge in [0.25, 0.3) is 0 Å². The molecule has 6 nitrogen and oxygen atoms in total. The molecule has 0 aromatic heterocycles. The lowest BCUT2D eigenvalue weighted by Gasteiger charge is -2.21. The summed E-state index contributed by atoms with van der Waals surface area (Å²) in [4.78, 5) is 4.65. The highest BCUT2D eigenvalue weighted by Crippen LogP contribution is 2.28. The maximum absolute atomic E-state index is 10.5. The molecule has 1 heterocycles. The number of hydrogen-bond acceptors (Lipinski definition) is 6. The van der Waals surface area contributed by atoms with E-state index in [0.29, 0.717) is 18.0 Å². The number of likely N-dealkylation sites (tertiary alicyclic amines) is 1. The van der Waals surface area contributed by atoms with Crippen LogP contribution in [0.2, 0.25) is 0 Å². The number of likely N-dealkylation sites (N-methyl/N-ethyl adjacent to an activating group) is 1. The van der Waals surface area contributed by atoms with Gasteiger partial charge in [-0.25, -0.2) is 0 Å².